The Hall–Kier alpha value is -1.32. The Labute approximate surface area is 103 Å². The number of fused-ring (bicyclic) bond motifs is 1. The molecule has 0 fully saturated rings. The highest BCUT2D eigenvalue weighted by Crippen LogP contribution is 2.35. The first-order valence-electron chi connectivity index (χ1n) is 4.79. The van der Waals surface area contributed by atoms with E-state index < -0.39 is 0 Å². The van der Waals surface area contributed by atoms with E-state index in [2.05, 4.69) is 5.32 Å². The molecule has 1 N–H and O–H groups in total. The highest BCUT2D eigenvalue weighted by atomic mass is 35.5. The minimum absolute atomic E-state index is 0.131. The van der Waals surface area contributed by atoms with Gasteiger partial charge in [-0.3, -0.25) is 4.79 Å². The number of nitrogens with one attached hydrogen (secondary N) is 1. The molecule has 1 aromatic carbocycles. The lowest BCUT2D eigenvalue weighted by atomic mass is 10.2. The Kier molecular flexibility index (Phi) is 3.27. The summed E-state index contributed by atoms with van der Waals surface area (Å²) in [6.07, 6.45) is 3.22. The fourth-order valence-electron chi connectivity index (χ4n) is 1.37. The normalized spacial score (nSPS) is 11.1. The van der Waals surface area contributed by atoms with Crippen LogP contribution >= 0.6 is 22.9 Å². The SMILES string of the molecule is CNC(=O)/C=C/c1sc2ccccc2c1Cl. The van der Waals surface area contributed by atoms with E-state index in [1.54, 1.807) is 24.5 Å². The van der Waals surface area contributed by atoms with Crippen LogP contribution in [0.5, 0.6) is 0 Å². The summed E-state index contributed by atoms with van der Waals surface area (Å²) in [5.74, 6) is -0.131. The van der Waals surface area contributed by atoms with Crippen molar-refractivity contribution in [3.63, 3.8) is 0 Å². The zero-order valence-electron chi connectivity index (χ0n) is 8.66. The van der Waals surface area contributed by atoms with E-state index >= 15 is 0 Å². The van der Waals surface area contributed by atoms with Gasteiger partial charge in [-0.15, -0.1) is 11.3 Å². The summed E-state index contributed by atoms with van der Waals surface area (Å²) in [6.45, 7) is 0. The van der Waals surface area contributed by atoms with E-state index in [0.29, 0.717) is 5.02 Å². The van der Waals surface area contributed by atoms with Crippen molar-refractivity contribution in [2.45, 2.75) is 0 Å². The first-order valence-corrected chi connectivity index (χ1v) is 5.98. The molecule has 0 saturated heterocycles. The number of rotatable bonds is 2. The van der Waals surface area contributed by atoms with Crippen molar-refractivity contribution in [1.82, 2.24) is 5.32 Å². The van der Waals surface area contributed by atoms with Gasteiger partial charge in [0, 0.05) is 28.1 Å². The number of carbonyl (C=O) groups excluding carboxylic acids is 1. The first kappa shape index (κ1) is 11.2. The predicted octanol–water partition coefficient (Wildman–Crippen LogP) is 3.31. The fraction of sp³-hybridized carbons (Fsp3) is 0.0833. The molecule has 0 aliphatic carbocycles. The summed E-state index contributed by atoms with van der Waals surface area (Å²) in [6, 6.07) is 7.92. The molecule has 82 valence electrons. The van der Waals surface area contributed by atoms with E-state index in [1.165, 1.54) is 6.08 Å². The second-order valence-electron chi connectivity index (χ2n) is 3.22. The number of amides is 1. The molecule has 0 aliphatic rings. The first-order chi connectivity index (χ1) is 7.72. The van der Waals surface area contributed by atoms with Gasteiger partial charge in [-0.05, 0) is 12.1 Å². The van der Waals surface area contributed by atoms with Crippen molar-refractivity contribution < 1.29 is 4.79 Å². The van der Waals surface area contributed by atoms with Crippen LogP contribution in [0.25, 0.3) is 16.2 Å². The van der Waals surface area contributed by atoms with Gasteiger partial charge in [-0.2, -0.15) is 0 Å². The Morgan fingerprint density at radius 1 is 1.44 bits per heavy atom. The molecule has 0 bridgehead atoms. The van der Waals surface area contributed by atoms with Gasteiger partial charge in [0.2, 0.25) is 5.91 Å². The Balaban J connectivity index is 2.42. The van der Waals surface area contributed by atoms with E-state index in [4.69, 9.17) is 11.6 Å². The van der Waals surface area contributed by atoms with Crippen LogP contribution < -0.4 is 5.32 Å². The number of carbonyl (C=O) groups is 1. The van der Waals surface area contributed by atoms with Crippen LogP contribution in [0.15, 0.2) is 30.3 Å². The number of hydrogen-bond donors (Lipinski definition) is 1. The van der Waals surface area contributed by atoms with Gasteiger partial charge >= 0.3 is 0 Å². The molecule has 1 aromatic heterocycles. The summed E-state index contributed by atoms with van der Waals surface area (Å²) in [7, 11) is 1.60. The fourth-order valence-corrected chi connectivity index (χ4v) is 2.77. The molecule has 0 atom stereocenters. The minimum Gasteiger partial charge on any atom is -0.356 e. The maximum Gasteiger partial charge on any atom is 0.243 e. The van der Waals surface area contributed by atoms with Gasteiger partial charge in [0.1, 0.15) is 0 Å². The molecular formula is C12H10ClNOS. The van der Waals surface area contributed by atoms with E-state index in [0.717, 1.165) is 15.0 Å². The lowest BCUT2D eigenvalue weighted by Crippen LogP contribution is -2.13. The lowest BCUT2D eigenvalue weighted by Gasteiger charge is -1.90. The predicted molar refractivity (Wildman–Crippen MR) is 69.9 cm³/mol. The van der Waals surface area contributed by atoms with Gasteiger partial charge in [0.15, 0.2) is 0 Å². The minimum atomic E-state index is -0.131. The van der Waals surface area contributed by atoms with Gasteiger partial charge in [0.25, 0.3) is 0 Å². The van der Waals surface area contributed by atoms with Crippen molar-refractivity contribution in [2.24, 2.45) is 0 Å². The largest absolute Gasteiger partial charge is 0.356 e. The molecule has 2 rings (SSSR count). The van der Waals surface area contributed by atoms with E-state index in [1.807, 2.05) is 24.3 Å². The number of likely N-dealkylation sites (N-methyl/N-ethyl adjacent to an activating group) is 1. The van der Waals surface area contributed by atoms with E-state index in [9.17, 15) is 4.79 Å². The smallest absolute Gasteiger partial charge is 0.243 e. The summed E-state index contributed by atoms with van der Waals surface area (Å²) < 4.78 is 1.13. The van der Waals surface area contributed by atoms with Gasteiger partial charge in [-0.1, -0.05) is 29.8 Å². The molecule has 4 heteroatoms. The summed E-state index contributed by atoms with van der Waals surface area (Å²) in [4.78, 5) is 12.0. The van der Waals surface area contributed by atoms with Crippen LogP contribution in [0, 0.1) is 0 Å². The molecule has 2 aromatic rings. The molecule has 0 spiro atoms. The van der Waals surface area contributed by atoms with Crippen molar-refractivity contribution in [2.75, 3.05) is 7.05 Å². The van der Waals surface area contributed by atoms with Crippen molar-refractivity contribution in [3.8, 4) is 0 Å². The van der Waals surface area contributed by atoms with Crippen LogP contribution in [0.4, 0.5) is 0 Å². The average Bonchev–Trinajstić information content (AvgIpc) is 2.64. The maximum absolute atomic E-state index is 11.1. The number of hydrogen-bond acceptors (Lipinski definition) is 2. The van der Waals surface area contributed by atoms with Crippen LogP contribution in [0.1, 0.15) is 4.88 Å². The molecule has 0 saturated carbocycles. The highest BCUT2D eigenvalue weighted by molar-refractivity contribution is 7.20. The molecule has 1 heterocycles. The summed E-state index contributed by atoms with van der Waals surface area (Å²) in [5.41, 5.74) is 0. The van der Waals surface area contributed by atoms with Gasteiger partial charge < -0.3 is 5.32 Å². The van der Waals surface area contributed by atoms with Gasteiger partial charge in [-0.25, -0.2) is 0 Å². The molecule has 1 amide bonds. The molecule has 0 aliphatic heterocycles. The third-order valence-corrected chi connectivity index (χ3v) is 3.85. The molecule has 16 heavy (non-hydrogen) atoms. The quantitative estimate of drug-likeness (QED) is 0.816. The zero-order valence-corrected chi connectivity index (χ0v) is 10.2. The standard InChI is InChI=1S/C12H10ClNOS/c1-14-11(15)7-6-10-12(13)8-4-2-3-5-9(8)16-10/h2-7H,1H3,(H,14,15)/b7-6+. The zero-order chi connectivity index (χ0) is 11.5. The highest BCUT2D eigenvalue weighted by Gasteiger charge is 2.06. The Morgan fingerprint density at radius 2 is 2.19 bits per heavy atom. The Bertz CT molecular complexity index is 559. The number of benzene rings is 1. The number of halogens is 1. The van der Waals surface area contributed by atoms with Crippen molar-refractivity contribution >= 4 is 45.0 Å². The van der Waals surface area contributed by atoms with Crippen LogP contribution in [0.3, 0.4) is 0 Å². The van der Waals surface area contributed by atoms with Crippen LogP contribution in [0.2, 0.25) is 5.02 Å². The van der Waals surface area contributed by atoms with Crippen molar-refractivity contribution in [3.05, 3.63) is 40.2 Å². The third-order valence-electron chi connectivity index (χ3n) is 2.19. The molecule has 0 unspecified atom stereocenters. The average molecular weight is 252 g/mol. The maximum atomic E-state index is 11.1. The van der Waals surface area contributed by atoms with Crippen LogP contribution in [-0.2, 0) is 4.79 Å². The Morgan fingerprint density at radius 3 is 2.88 bits per heavy atom. The number of thiophene rings is 1. The molecule has 2 nitrogen and oxygen atoms in total. The summed E-state index contributed by atoms with van der Waals surface area (Å²) >= 11 is 7.79. The monoisotopic (exact) mass is 251 g/mol. The third kappa shape index (κ3) is 2.10. The van der Waals surface area contributed by atoms with Crippen molar-refractivity contribution in [1.29, 1.82) is 0 Å². The van der Waals surface area contributed by atoms with Gasteiger partial charge in [0.05, 0.1) is 5.02 Å². The molecule has 0 radical (unpaired) electrons. The lowest BCUT2D eigenvalue weighted by molar-refractivity contribution is -0.115. The second-order valence-corrected chi connectivity index (χ2v) is 4.69. The van der Waals surface area contributed by atoms with E-state index in [-0.39, 0.29) is 5.91 Å². The topological polar surface area (TPSA) is 29.1 Å². The molecular weight excluding hydrogens is 242 g/mol. The second kappa shape index (κ2) is 4.68. The van der Waals surface area contributed by atoms with Crippen LogP contribution in [-0.4, -0.2) is 13.0 Å². The summed E-state index contributed by atoms with van der Waals surface area (Å²) in [5, 5.41) is 4.27.